The van der Waals surface area contributed by atoms with Crippen molar-refractivity contribution in [2.75, 3.05) is 18.5 Å². The Kier molecular flexibility index (Phi) is 7.60. The SMILES string of the molecule is CCOc1ccc(NC(=O)/C(C#N)=C/c2ccc(OCC(N)=O)c(Br)c2)cc1. The van der Waals surface area contributed by atoms with E-state index in [2.05, 4.69) is 21.2 Å². The highest BCUT2D eigenvalue weighted by atomic mass is 79.9. The molecule has 0 aliphatic heterocycles. The minimum absolute atomic E-state index is 0.0633. The molecular formula is C20H18BrN3O4. The molecule has 0 aliphatic rings. The van der Waals surface area contributed by atoms with Gasteiger partial charge in [0.15, 0.2) is 6.61 Å². The fourth-order valence-electron chi connectivity index (χ4n) is 2.19. The highest BCUT2D eigenvalue weighted by molar-refractivity contribution is 9.10. The summed E-state index contributed by atoms with van der Waals surface area (Å²) in [6, 6.07) is 13.7. The first-order valence-corrected chi connectivity index (χ1v) is 9.09. The van der Waals surface area contributed by atoms with Crippen molar-refractivity contribution < 1.29 is 19.1 Å². The first-order valence-electron chi connectivity index (χ1n) is 8.29. The third kappa shape index (κ3) is 6.14. The van der Waals surface area contributed by atoms with E-state index in [4.69, 9.17) is 15.2 Å². The molecule has 0 spiro atoms. The van der Waals surface area contributed by atoms with Gasteiger partial charge >= 0.3 is 0 Å². The predicted octanol–water partition coefficient (Wildman–Crippen LogP) is 3.26. The van der Waals surface area contributed by atoms with Crippen LogP contribution < -0.4 is 20.5 Å². The van der Waals surface area contributed by atoms with Crippen LogP contribution in [0.3, 0.4) is 0 Å². The average Bonchev–Trinajstić information content (AvgIpc) is 2.67. The van der Waals surface area contributed by atoms with E-state index in [1.54, 1.807) is 42.5 Å². The van der Waals surface area contributed by atoms with Gasteiger partial charge in [-0.05, 0) is 70.9 Å². The molecule has 7 nitrogen and oxygen atoms in total. The predicted molar refractivity (Wildman–Crippen MR) is 109 cm³/mol. The van der Waals surface area contributed by atoms with E-state index >= 15 is 0 Å². The van der Waals surface area contributed by atoms with Gasteiger partial charge in [0.05, 0.1) is 11.1 Å². The number of hydrogen-bond donors (Lipinski definition) is 2. The van der Waals surface area contributed by atoms with E-state index in [1.807, 2.05) is 13.0 Å². The van der Waals surface area contributed by atoms with Crippen molar-refractivity contribution in [1.82, 2.24) is 0 Å². The maximum atomic E-state index is 12.4. The number of anilines is 1. The summed E-state index contributed by atoms with van der Waals surface area (Å²) >= 11 is 3.32. The monoisotopic (exact) mass is 443 g/mol. The van der Waals surface area contributed by atoms with Gasteiger partial charge in [-0.1, -0.05) is 6.07 Å². The minimum atomic E-state index is -0.589. The number of amides is 2. The maximum absolute atomic E-state index is 12.4. The normalized spacial score (nSPS) is 10.7. The molecule has 0 fully saturated rings. The number of nitrogens with two attached hydrogens (primary N) is 1. The lowest BCUT2D eigenvalue weighted by molar-refractivity contribution is -0.120. The van der Waals surface area contributed by atoms with Crippen LogP contribution in [0.25, 0.3) is 6.08 Å². The van der Waals surface area contributed by atoms with Gasteiger partial charge in [-0.3, -0.25) is 9.59 Å². The van der Waals surface area contributed by atoms with Gasteiger partial charge in [0, 0.05) is 5.69 Å². The summed E-state index contributed by atoms with van der Waals surface area (Å²) in [6.45, 7) is 2.19. The average molecular weight is 444 g/mol. The zero-order valence-electron chi connectivity index (χ0n) is 15.1. The Hall–Kier alpha value is -3.31. The Morgan fingerprint density at radius 1 is 1.21 bits per heavy atom. The van der Waals surface area contributed by atoms with E-state index in [-0.39, 0.29) is 12.2 Å². The first-order chi connectivity index (χ1) is 13.4. The summed E-state index contributed by atoms with van der Waals surface area (Å²) < 4.78 is 11.2. The molecule has 0 aromatic heterocycles. The largest absolute Gasteiger partial charge is 0.494 e. The zero-order chi connectivity index (χ0) is 20.5. The van der Waals surface area contributed by atoms with Crippen molar-refractivity contribution in [3.8, 4) is 17.6 Å². The number of primary amides is 1. The molecule has 2 rings (SSSR count). The van der Waals surface area contributed by atoms with Crippen LogP contribution in [-0.4, -0.2) is 25.0 Å². The lowest BCUT2D eigenvalue weighted by Gasteiger charge is -2.08. The van der Waals surface area contributed by atoms with Crippen LogP contribution >= 0.6 is 15.9 Å². The van der Waals surface area contributed by atoms with E-state index in [0.717, 1.165) is 0 Å². The Bertz CT molecular complexity index is 933. The molecule has 0 aliphatic carbocycles. The van der Waals surface area contributed by atoms with Gasteiger partial charge in [-0.2, -0.15) is 5.26 Å². The van der Waals surface area contributed by atoms with Crippen LogP contribution in [0.4, 0.5) is 5.69 Å². The van der Waals surface area contributed by atoms with E-state index in [1.165, 1.54) is 6.08 Å². The number of halogens is 1. The molecule has 28 heavy (non-hydrogen) atoms. The first kappa shape index (κ1) is 21.0. The van der Waals surface area contributed by atoms with Crippen molar-refractivity contribution in [3.05, 3.63) is 58.1 Å². The smallest absolute Gasteiger partial charge is 0.266 e. The van der Waals surface area contributed by atoms with Crippen molar-refractivity contribution in [2.24, 2.45) is 5.73 Å². The van der Waals surface area contributed by atoms with Crippen LogP contribution in [0.2, 0.25) is 0 Å². The molecule has 0 heterocycles. The molecule has 2 amide bonds. The van der Waals surface area contributed by atoms with Crippen molar-refractivity contribution in [2.45, 2.75) is 6.92 Å². The molecular weight excluding hydrogens is 426 g/mol. The second-order valence-corrected chi connectivity index (χ2v) is 6.38. The van der Waals surface area contributed by atoms with E-state index < -0.39 is 11.8 Å². The number of ether oxygens (including phenoxy) is 2. The van der Waals surface area contributed by atoms with Gasteiger partial charge in [-0.15, -0.1) is 0 Å². The quantitative estimate of drug-likeness (QED) is 0.479. The highest BCUT2D eigenvalue weighted by Crippen LogP contribution is 2.27. The number of rotatable bonds is 8. The second-order valence-electron chi connectivity index (χ2n) is 5.53. The third-order valence-corrected chi connectivity index (χ3v) is 4.04. The molecule has 0 atom stereocenters. The standard InChI is InChI=1S/C20H18BrN3O4/c1-2-27-16-6-4-15(5-7-16)24-20(26)14(11-22)9-13-3-8-18(17(21)10-13)28-12-19(23)25/h3-10H,2,12H2,1H3,(H2,23,25)(H,24,26)/b14-9+. The summed E-state index contributed by atoms with van der Waals surface area (Å²) in [7, 11) is 0. The Morgan fingerprint density at radius 2 is 1.93 bits per heavy atom. The van der Waals surface area contributed by atoms with Crippen LogP contribution in [0, 0.1) is 11.3 Å². The van der Waals surface area contributed by atoms with Crippen molar-refractivity contribution >= 4 is 39.5 Å². The summed E-state index contributed by atoms with van der Waals surface area (Å²) in [5, 5.41) is 12.0. The Balaban J connectivity index is 2.11. The summed E-state index contributed by atoms with van der Waals surface area (Å²) in [5.74, 6) is -0.00113. The lowest BCUT2D eigenvalue weighted by atomic mass is 10.1. The molecule has 0 unspecified atom stereocenters. The number of carbonyl (C=O) groups is 2. The van der Waals surface area contributed by atoms with Crippen molar-refractivity contribution in [1.29, 1.82) is 5.26 Å². The maximum Gasteiger partial charge on any atom is 0.266 e. The van der Waals surface area contributed by atoms with Crippen molar-refractivity contribution in [3.63, 3.8) is 0 Å². The summed E-state index contributed by atoms with van der Waals surface area (Å²) in [6.07, 6.45) is 1.45. The van der Waals surface area contributed by atoms with Gasteiger partial charge in [0.2, 0.25) is 0 Å². The second kappa shape index (κ2) is 10.1. The third-order valence-electron chi connectivity index (χ3n) is 3.43. The Labute approximate surface area is 170 Å². The van der Waals surface area contributed by atoms with Gasteiger partial charge in [-0.25, -0.2) is 0 Å². The number of hydrogen-bond acceptors (Lipinski definition) is 5. The fraction of sp³-hybridized carbons (Fsp3) is 0.150. The molecule has 0 saturated carbocycles. The molecule has 2 aromatic rings. The summed E-state index contributed by atoms with van der Waals surface area (Å²) in [5.41, 5.74) is 6.14. The topological polar surface area (TPSA) is 114 Å². The molecule has 0 radical (unpaired) electrons. The minimum Gasteiger partial charge on any atom is -0.494 e. The number of benzene rings is 2. The molecule has 0 saturated heterocycles. The number of nitrogens with zero attached hydrogens (tertiary/aromatic N) is 1. The van der Waals surface area contributed by atoms with E-state index in [0.29, 0.717) is 33.8 Å². The number of nitrogens with one attached hydrogen (secondary N) is 1. The molecule has 0 bridgehead atoms. The van der Waals surface area contributed by atoms with Crippen LogP contribution in [0.5, 0.6) is 11.5 Å². The highest BCUT2D eigenvalue weighted by Gasteiger charge is 2.11. The molecule has 3 N–H and O–H groups in total. The van der Waals surface area contributed by atoms with Gasteiger partial charge < -0.3 is 20.5 Å². The molecule has 2 aromatic carbocycles. The van der Waals surface area contributed by atoms with Crippen LogP contribution in [0.15, 0.2) is 52.5 Å². The van der Waals surface area contributed by atoms with Gasteiger partial charge in [0.25, 0.3) is 11.8 Å². The van der Waals surface area contributed by atoms with Gasteiger partial charge in [0.1, 0.15) is 23.1 Å². The Morgan fingerprint density at radius 3 is 2.50 bits per heavy atom. The van der Waals surface area contributed by atoms with Crippen LogP contribution in [-0.2, 0) is 9.59 Å². The molecule has 144 valence electrons. The molecule has 8 heteroatoms. The fourth-order valence-corrected chi connectivity index (χ4v) is 2.70. The number of carbonyl (C=O) groups excluding carboxylic acids is 2. The van der Waals surface area contributed by atoms with E-state index in [9.17, 15) is 14.9 Å². The number of nitriles is 1. The van der Waals surface area contributed by atoms with Crippen LogP contribution in [0.1, 0.15) is 12.5 Å². The zero-order valence-corrected chi connectivity index (χ0v) is 16.7. The lowest BCUT2D eigenvalue weighted by Crippen LogP contribution is -2.20. The summed E-state index contributed by atoms with van der Waals surface area (Å²) in [4.78, 5) is 23.2.